The maximum absolute atomic E-state index is 5.92. The highest BCUT2D eigenvalue weighted by Crippen LogP contribution is 2.28. The van der Waals surface area contributed by atoms with Crippen LogP contribution in [0.4, 0.5) is 5.69 Å². The lowest BCUT2D eigenvalue weighted by Crippen LogP contribution is -1.99. The SMILES string of the molecule is CCc1cc(Oc2cc(N)c(C)cc2C)nc(C)n1. The van der Waals surface area contributed by atoms with Gasteiger partial charge in [-0.05, 0) is 38.3 Å². The predicted octanol–water partition coefficient (Wildman–Crippen LogP) is 3.34. The van der Waals surface area contributed by atoms with Crippen LogP contribution in [0.3, 0.4) is 0 Å². The molecule has 0 aliphatic heterocycles. The van der Waals surface area contributed by atoms with Crippen LogP contribution in [0, 0.1) is 20.8 Å². The van der Waals surface area contributed by atoms with E-state index >= 15 is 0 Å². The molecule has 1 aromatic carbocycles. The maximum atomic E-state index is 5.92. The molecule has 2 aromatic rings. The quantitative estimate of drug-likeness (QED) is 0.857. The first-order valence-electron chi connectivity index (χ1n) is 6.38. The van der Waals surface area contributed by atoms with Gasteiger partial charge in [-0.15, -0.1) is 0 Å². The third-order valence-electron chi connectivity index (χ3n) is 3.01. The van der Waals surface area contributed by atoms with Gasteiger partial charge in [-0.1, -0.05) is 13.0 Å². The van der Waals surface area contributed by atoms with Gasteiger partial charge in [0.2, 0.25) is 5.88 Å². The molecule has 0 fully saturated rings. The molecule has 100 valence electrons. The summed E-state index contributed by atoms with van der Waals surface area (Å²) in [6.07, 6.45) is 0.856. The minimum atomic E-state index is 0.565. The summed E-state index contributed by atoms with van der Waals surface area (Å²) in [5.41, 5.74) is 9.71. The number of aryl methyl sites for hydroxylation is 4. The first kappa shape index (κ1) is 13.3. The number of anilines is 1. The molecular formula is C15H19N3O. The van der Waals surface area contributed by atoms with Crippen LogP contribution in [-0.4, -0.2) is 9.97 Å². The van der Waals surface area contributed by atoms with Gasteiger partial charge in [0, 0.05) is 23.5 Å². The zero-order valence-electron chi connectivity index (χ0n) is 11.8. The lowest BCUT2D eigenvalue weighted by molar-refractivity contribution is 0.455. The molecule has 1 aromatic heterocycles. The smallest absolute Gasteiger partial charge is 0.222 e. The van der Waals surface area contributed by atoms with E-state index in [1.165, 1.54) is 0 Å². The number of hydrogen-bond donors (Lipinski definition) is 1. The van der Waals surface area contributed by atoms with Gasteiger partial charge in [-0.25, -0.2) is 4.98 Å². The van der Waals surface area contributed by atoms with Crippen molar-refractivity contribution < 1.29 is 4.74 Å². The number of benzene rings is 1. The van der Waals surface area contributed by atoms with Gasteiger partial charge in [-0.2, -0.15) is 4.98 Å². The van der Waals surface area contributed by atoms with Crippen LogP contribution in [-0.2, 0) is 6.42 Å². The first-order chi connectivity index (χ1) is 8.99. The summed E-state index contributed by atoms with van der Waals surface area (Å²) < 4.78 is 5.84. The molecule has 0 saturated carbocycles. The number of ether oxygens (including phenoxy) is 1. The van der Waals surface area contributed by atoms with Crippen molar-refractivity contribution >= 4 is 5.69 Å². The lowest BCUT2D eigenvalue weighted by atomic mass is 10.1. The molecule has 0 aliphatic carbocycles. The van der Waals surface area contributed by atoms with Gasteiger partial charge in [0.15, 0.2) is 0 Å². The van der Waals surface area contributed by atoms with Gasteiger partial charge in [0.25, 0.3) is 0 Å². The van der Waals surface area contributed by atoms with Crippen LogP contribution in [0.25, 0.3) is 0 Å². The van der Waals surface area contributed by atoms with E-state index in [0.29, 0.717) is 11.7 Å². The Morgan fingerprint density at radius 1 is 1.05 bits per heavy atom. The summed E-state index contributed by atoms with van der Waals surface area (Å²) >= 11 is 0. The van der Waals surface area contributed by atoms with Gasteiger partial charge in [0.1, 0.15) is 11.6 Å². The van der Waals surface area contributed by atoms with Crippen LogP contribution in [0.1, 0.15) is 29.6 Å². The topological polar surface area (TPSA) is 61.0 Å². The summed E-state index contributed by atoms with van der Waals surface area (Å²) in [7, 11) is 0. The second-order valence-corrected chi connectivity index (χ2v) is 4.67. The molecule has 1 heterocycles. The van der Waals surface area contributed by atoms with E-state index in [-0.39, 0.29) is 0 Å². The van der Waals surface area contributed by atoms with E-state index in [1.54, 1.807) is 0 Å². The second kappa shape index (κ2) is 5.26. The summed E-state index contributed by atoms with van der Waals surface area (Å²) in [5.74, 6) is 2.02. The van der Waals surface area contributed by atoms with Crippen molar-refractivity contribution in [3.8, 4) is 11.6 Å². The lowest BCUT2D eigenvalue weighted by Gasteiger charge is -2.11. The monoisotopic (exact) mass is 257 g/mol. The first-order valence-corrected chi connectivity index (χ1v) is 6.38. The fourth-order valence-electron chi connectivity index (χ4n) is 1.90. The molecule has 0 saturated heterocycles. The highest BCUT2D eigenvalue weighted by Gasteiger charge is 2.07. The van der Waals surface area contributed by atoms with Gasteiger partial charge in [-0.3, -0.25) is 0 Å². The molecule has 2 N–H and O–H groups in total. The number of rotatable bonds is 3. The van der Waals surface area contributed by atoms with Crippen molar-refractivity contribution in [2.75, 3.05) is 5.73 Å². The summed E-state index contributed by atoms with van der Waals surface area (Å²) in [6, 6.07) is 5.72. The van der Waals surface area contributed by atoms with E-state index in [4.69, 9.17) is 10.5 Å². The van der Waals surface area contributed by atoms with Crippen molar-refractivity contribution in [2.24, 2.45) is 0 Å². The molecule has 19 heavy (non-hydrogen) atoms. The fraction of sp³-hybridized carbons (Fsp3) is 0.333. The molecule has 4 heteroatoms. The normalized spacial score (nSPS) is 10.5. The number of aromatic nitrogens is 2. The summed E-state index contributed by atoms with van der Waals surface area (Å²) in [4.78, 5) is 8.63. The fourth-order valence-corrected chi connectivity index (χ4v) is 1.90. The average molecular weight is 257 g/mol. The number of nitrogens with two attached hydrogens (primary N) is 1. The molecule has 0 atom stereocenters. The van der Waals surface area contributed by atoms with Crippen LogP contribution < -0.4 is 10.5 Å². The zero-order chi connectivity index (χ0) is 14.0. The maximum Gasteiger partial charge on any atom is 0.222 e. The highest BCUT2D eigenvalue weighted by atomic mass is 16.5. The largest absolute Gasteiger partial charge is 0.439 e. The van der Waals surface area contributed by atoms with Crippen LogP contribution in [0.15, 0.2) is 18.2 Å². The highest BCUT2D eigenvalue weighted by molar-refractivity contribution is 5.54. The molecule has 0 radical (unpaired) electrons. The van der Waals surface area contributed by atoms with Crippen LogP contribution in [0.2, 0.25) is 0 Å². The standard InChI is InChI=1S/C15H19N3O/c1-5-12-7-15(18-11(4)17-12)19-14-8-13(16)9(2)6-10(14)3/h6-8H,5,16H2,1-4H3. The third-order valence-corrected chi connectivity index (χ3v) is 3.01. The molecule has 2 rings (SSSR count). The van der Waals surface area contributed by atoms with Crippen molar-refractivity contribution in [3.63, 3.8) is 0 Å². The Balaban J connectivity index is 2.36. The molecule has 0 amide bonds. The van der Waals surface area contributed by atoms with E-state index in [2.05, 4.69) is 16.9 Å². The Labute approximate surface area is 113 Å². The molecule has 0 unspecified atom stereocenters. The minimum Gasteiger partial charge on any atom is -0.439 e. The zero-order valence-corrected chi connectivity index (χ0v) is 11.8. The molecule has 0 bridgehead atoms. The Bertz CT molecular complexity index is 609. The average Bonchev–Trinajstić information content (AvgIpc) is 2.35. The van der Waals surface area contributed by atoms with Gasteiger partial charge >= 0.3 is 0 Å². The van der Waals surface area contributed by atoms with Crippen LogP contribution >= 0.6 is 0 Å². The molecular weight excluding hydrogens is 238 g/mol. The Hall–Kier alpha value is -2.10. The number of nitrogen functional groups attached to an aromatic ring is 1. The number of hydrogen-bond acceptors (Lipinski definition) is 4. The minimum absolute atomic E-state index is 0.565. The summed E-state index contributed by atoms with van der Waals surface area (Å²) in [5, 5.41) is 0. The van der Waals surface area contributed by atoms with E-state index < -0.39 is 0 Å². The molecule has 0 spiro atoms. The van der Waals surface area contributed by atoms with E-state index in [0.717, 1.165) is 34.7 Å². The van der Waals surface area contributed by atoms with Crippen molar-refractivity contribution in [1.29, 1.82) is 0 Å². The Morgan fingerprint density at radius 3 is 2.47 bits per heavy atom. The third kappa shape index (κ3) is 3.02. The Kier molecular flexibility index (Phi) is 3.69. The van der Waals surface area contributed by atoms with Crippen molar-refractivity contribution in [3.05, 3.63) is 40.8 Å². The second-order valence-electron chi connectivity index (χ2n) is 4.67. The van der Waals surface area contributed by atoms with Crippen LogP contribution in [0.5, 0.6) is 11.6 Å². The number of nitrogens with zero attached hydrogens (tertiary/aromatic N) is 2. The molecule has 0 aliphatic rings. The van der Waals surface area contributed by atoms with E-state index in [9.17, 15) is 0 Å². The van der Waals surface area contributed by atoms with Gasteiger partial charge < -0.3 is 10.5 Å². The predicted molar refractivity (Wildman–Crippen MR) is 76.5 cm³/mol. The van der Waals surface area contributed by atoms with Crippen molar-refractivity contribution in [1.82, 2.24) is 9.97 Å². The van der Waals surface area contributed by atoms with Crippen molar-refractivity contribution in [2.45, 2.75) is 34.1 Å². The van der Waals surface area contributed by atoms with Gasteiger partial charge in [0.05, 0.1) is 0 Å². The van der Waals surface area contributed by atoms with E-state index in [1.807, 2.05) is 39.0 Å². The molecule has 4 nitrogen and oxygen atoms in total. The Morgan fingerprint density at radius 2 is 1.79 bits per heavy atom. The summed E-state index contributed by atoms with van der Waals surface area (Å²) in [6.45, 7) is 7.90.